The van der Waals surface area contributed by atoms with Crippen molar-refractivity contribution in [1.29, 1.82) is 0 Å². The molecule has 2 amide bonds. The van der Waals surface area contributed by atoms with Crippen molar-refractivity contribution in [3.05, 3.63) is 0 Å². The second kappa shape index (κ2) is 5.98. The molecule has 0 saturated carbocycles. The van der Waals surface area contributed by atoms with Gasteiger partial charge < -0.3 is 20.1 Å². The van der Waals surface area contributed by atoms with Gasteiger partial charge in [0.25, 0.3) is 0 Å². The van der Waals surface area contributed by atoms with E-state index < -0.39 is 24.0 Å². The molecule has 3 rings (SSSR count). The summed E-state index contributed by atoms with van der Waals surface area (Å²) in [6.45, 7) is 4.22. The van der Waals surface area contributed by atoms with Crippen LogP contribution in [0.5, 0.6) is 0 Å². The molecule has 8 heteroatoms. The summed E-state index contributed by atoms with van der Waals surface area (Å²) in [6.07, 6.45) is -0.0259. The topological polar surface area (TPSA) is 95.9 Å². The zero-order valence-corrected chi connectivity index (χ0v) is 14.2. The summed E-state index contributed by atoms with van der Waals surface area (Å²) in [7, 11) is 1.31. The molecule has 3 fully saturated rings. The molecule has 3 aliphatic rings. The molecule has 2 N–H and O–H groups in total. The Labute approximate surface area is 139 Å². The van der Waals surface area contributed by atoms with Crippen molar-refractivity contribution in [2.45, 2.75) is 49.0 Å². The highest BCUT2D eigenvalue weighted by Gasteiger charge is 2.65. The Morgan fingerprint density at radius 2 is 2.17 bits per heavy atom. The Bertz CT molecular complexity index is 540. The average molecular weight is 342 g/mol. The van der Waals surface area contributed by atoms with Crippen molar-refractivity contribution in [1.82, 2.24) is 10.2 Å². The van der Waals surface area contributed by atoms with Crippen molar-refractivity contribution >= 4 is 29.5 Å². The summed E-state index contributed by atoms with van der Waals surface area (Å²) in [4.78, 5) is 38.0. The molecule has 0 aromatic rings. The molecule has 7 nitrogen and oxygen atoms in total. The quantitative estimate of drug-likeness (QED) is 0.522. The van der Waals surface area contributed by atoms with Crippen molar-refractivity contribution < 1.29 is 24.2 Å². The molecule has 3 saturated heterocycles. The molecule has 0 aliphatic carbocycles. The lowest BCUT2D eigenvalue weighted by atomic mass is 9.79. The van der Waals surface area contributed by atoms with E-state index >= 15 is 0 Å². The van der Waals surface area contributed by atoms with E-state index in [0.717, 1.165) is 6.42 Å². The number of amides is 2. The summed E-state index contributed by atoms with van der Waals surface area (Å²) in [5.74, 6) is -1.13. The maximum Gasteiger partial charge on any atom is 0.329 e. The number of esters is 1. The second-order valence-electron chi connectivity index (χ2n) is 6.50. The first kappa shape index (κ1) is 16.6. The summed E-state index contributed by atoms with van der Waals surface area (Å²) in [5, 5.41) is 12.3. The van der Waals surface area contributed by atoms with E-state index in [2.05, 4.69) is 5.32 Å². The van der Waals surface area contributed by atoms with Crippen molar-refractivity contribution in [2.75, 3.05) is 13.7 Å². The number of aliphatic hydroxyl groups excluding tert-OH is 1. The Kier molecular flexibility index (Phi) is 4.31. The smallest absolute Gasteiger partial charge is 0.329 e. The summed E-state index contributed by atoms with van der Waals surface area (Å²) in [6, 6.07) is -0.852. The normalized spacial score (nSPS) is 40.4. The molecular formula is C15H22N2O5S. The SMILES string of the molecule is COC(=O)C1C(SC2CCNC2=O)C(C)C2C(C(C)O)C(=O)N12. The maximum absolute atomic E-state index is 12.4. The maximum atomic E-state index is 12.4. The number of fused-ring (bicyclic) bond motifs is 1. The number of rotatable bonds is 4. The largest absolute Gasteiger partial charge is 0.467 e. The monoisotopic (exact) mass is 342 g/mol. The molecule has 7 atom stereocenters. The third-order valence-corrected chi connectivity index (χ3v) is 6.96. The van der Waals surface area contributed by atoms with E-state index in [9.17, 15) is 19.5 Å². The van der Waals surface area contributed by atoms with Crippen LogP contribution in [-0.4, -0.2) is 70.1 Å². The molecule has 0 bridgehead atoms. The fourth-order valence-corrected chi connectivity index (χ4v) is 5.69. The molecule has 3 aliphatic heterocycles. The van der Waals surface area contributed by atoms with E-state index in [4.69, 9.17) is 4.74 Å². The van der Waals surface area contributed by atoms with Crippen LogP contribution in [0.3, 0.4) is 0 Å². The molecule has 0 spiro atoms. The molecule has 0 radical (unpaired) electrons. The van der Waals surface area contributed by atoms with Crippen LogP contribution in [0.25, 0.3) is 0 Å². The predicted octanol–water partition coefficient (Wildman–Crippen LogP) is -0.624. The van der Waals surface area contributed by atoms with Crippen LogP contribution < -0.4 is 5.32 Å². The average Bonchev–Trinajstić information content (AvgIpc) is 3.00. The van der Waals surface area contributed by atoms with Crippen LogP contribution in [0.15, 0.2) is 0 Å². The standard InChI is InChI=1S/C15H22N2O5S/c1-6-10-9(7(2)18)14(20)17(10)11(15(21)22-3)12(6)23-8-4-5-16-13(8)19/h6-12,18H,4-5H2,1-3H3,(H,16,19). The van der Waals surface area contributed by atoms with Gasteiger partial charge in [-0.05, 0) is 19.3 Å². The number of carbonyl (C=O) groups excluding carboxylic acids is 3. The van der Waals surface area contributed by atoms with Crippen LogP contribution in [0, 0.1) is 11.8 Å². The van der Waals surface area contributed by atoms with Crippen LogP contribution in [0.1, 0.15) is 20.3 Å². The molecule has 0 aromatic heterocycles. The van der Waals surface area contributed by atoms with Crippen molar-refractivity contribution in [3.8, 4) is 0 Å². The fraction of sp³-hybridized carbons (Fsp3) is 0.800. The lowest BCUT2D eigenvalue weighted by Crippen LogP contribution is -2.65. The highest BCUT2D eigenvalue weighted by molar-refractivity contribution is 8.01. The van der Waals surface area contributed by atoms with Crippen molar-refractivity contribution in [2.24, 2.45) is 11.8 Å². The summed E-state index contributed by atoms with van der Waals surface area (Å²) in [5.41, 5.74) is 0. The van der Waals surface area contributed by atoms with Gasteiger partial charge >= 0.3 is 5.97 Å². The zero-order chi connectivity index (χ0) is 16.9. The third kappa shape index (κ3) is 2.42. The molecule has 23 heavy (non-hydrogen) atoms. The first-order valence-corrected chi connectivity index (χ1v) is 8.84. The van der Waals surface area contributed by atoms with Gasteiger partial charge in [-0.2, -0.15) is 0 Å². The minimum atomic E-state index is -0.747. The number of β-lactam (4-membered cyclic amide) rings is 1. The lowest BCUT2D eigenvalue weighted by Gasteiger charge is -2.47. The van der Waals surface area contributed by atoms with Gasteiger partial charge in [-0.15, -0.1) is 11.8 Å². The Morgan fingerprint density at radius 3 is 2.70 bits per heavy atom. The zero-order valence-electron chi connectivity index (χ0n) is 13.4. The number of hydrogen-bond acceptors (Lipinski definition) is 6. The van der Waals surface area contributed by atoms with E-state index in [-0.39, 0.29) is 34.3 Å². The number of nitrogens with one attached hydrogen (secondary N) is 1. The van der Waals surface area contributed by atoms with E-state index in [0.29, 0.717) is 6.54 Å². The van der Waals surface area contributed by atoms with E-state index in [1.165, 1.54) is 18.9 Å². The van der Waals surface area contributed by atoms with Gasteiger partial charge in [0.1, 0.15) is 6.04 Å². The van der Waals surface area contributed by atoms with Crippen molar-refractivity contribution in [3.63, 3.8) is 0 Å². The van der Waals surface area contributed by atoms with E-state index in [1.54, 1.807) is 11.8 Å². The highest BCUT2D eigenvalue weighted by Crippen LogP contribution is 2.50. The molecule has 3 heterocycles. The second-order valence-corrected chi connectivity index (χ2v) is 7.88. The Hall–Kier alpha value is -1.28. The van der Waals surface area contributed by atoms with Crippen LogP contribution >= 0.6 is 11.8 Å². The third-order valence-electron chi connectivity index (χ3n) is 5.18. The minimum absolute atomic E-state index is 0.00907. The number of aliphatic hydroxyl groups is 1. The first-order valence-electron chi connectivity index (χ1n) is 7.89. The number of ether oxygens (including phenoxy) is 1. The van der Waals surface area contributed by atoms with Gasteiger partial charge in [-0.1, -0.05) is 6.92 Å². The van der Waals surface area contributed by atoms with Gasteiger partial charge in [-0.25, -0.2) is 4.79 Å². The van der Waals surface area contributed by atoms with Gasteiger partial charge in [-0.3, -0.25) is 9.59 Å². The number of thioether (sulfide) groups is 1. The fourth-order valence-electron chi connectivity index (χ4n) is 4.05. The number of hydrogen-bond donors (Lipinski definition) is 2. The Balaban J connectivity index is 1.86. The first-order chi connectivity index (χ1) is 10.9. The van der Waals surface area contributed by atoms with Crippen LogP contribution in [0.4, 0.5) is 0 Å². The Morgan fingerprint density at radius 1 is 1.48 bits per heavy atom. The van der Waals surface area contributed by atoms with Gasteiger partial charge in [0.15, 0.2) is 0 Å². The number of carbonyl (C=O) groups is 3. The van der Waals surface area contributed by atoms with Crippen LogP contribution in [-0.2, 0) is 19.1 Å². The molecule has 128 valence electrons. The highest BCUT2D eigenvalue weighted by atomic mass is 32.2. The molecule has 7 unspecified atom stereocenters. The molecule has 0 aromatic carbocycles. The number of methoxy groups -OCH3 is 1. The van der Waals surface area contributed by atoms with Gasteiger partial charge in [0.05, 0.1) is 30.4 Å². The van der Waals surface area contributed by atoms with Gasteiger partial charge in [0, 0.05) is 11.8 Å². The van der Waals surface area contributed by atoms with E-state index in [1.807, 2.05) is 6.92 Å². The minimum Gasteiger partial charge on any atom is -0.467 e. The predicted molar refractivity (Wildman–Crippen MR) is 83.6 cm³/mol. The molecular weight excluding hydrogens is 320 g/mol. The van der Waals surface area contributed by atoms with Gasteiger partial charge in [0.2, 0.25) is 11.8 Å². The van der Waals surface area contributed by atoms with Crippen LogP contribution in [0.2, 0.25) is 0 Å². The summed E-state index contributed by atoms with van der Waals surface area (Å²) < 4.78 is 4.89. The lowest BCUT2D eigenvalue weighted by molar-refractivity contribution is -0.171. The summed E-state index contributed by atoms with van der Waals surface area (Å²) >= 11 is 1.46. The number of nitrogens with zero attached hydrogens (tertiary/aromatic N) is 1.